The second-order valence-electron chi connectivity index (χ2n) is 5.58. The molecule has 1 unspecified atom stereocenters. The lowest BCUT2D eigenvalue weighted by Gasteiger charge is -2.23. The van der Waals surface area contributed by atoms with Crippen LogP contribution in [0.25, 0.3) is 0 Å². The highest BCUT2D eigenvalue weighted by Gasteiger charge is 2.28. The minimum Gasteiger partial charge on any atom is -0.507 e. The van der Waals surface area contributed by atoms with Crippen LogP contribution in [0, 0.1) is 13.8 Å². The van der Waals surface area contributed by atoms with Crippen LogP contribution in [0.1, 0.15) is 36.5 Å². The summed E-state index contributed by atoms with van der Waals surface area (Å²) >= 11 is 0. The Morgan fingerprint density at radius 3 is 2.56 bits per heavy atom. The van der Waals surface area contributed by atoms with Crippen molar-refractivity contribution in [3.63, 3.8) is 0 Å². The molecular weight excluding hydrogens is 226 g/mol. The van der Waals surface area contributed by atoms with Crippen LogP contribution in [-0.2, 0) is 11.3 Å². The highest BCUT2D eigenvalue weighted by Crippen LogP contribution is 2.25. The van der Waals surface area contributed by atoms with Gasteiger partial charge in [-0.15, -0.1) is 0 Å². The molecule has 1 aliphatic heterocycles. The monoisotopic (exact) mass is 249 g/mol. The molecule has 0 aliphatic carbocycles. The van der Waals surface area contributed by atoms with E-state index in [2.05, 4.69) is 12.2 Å². The average molecular weight is 249 g/mol. The van der Waals surface area contributed by atoms with E-state index in [0.29, 0.717) is 5.75 Å². The van der Waals surface area contributed by atoms with Crippen molar-refractivity contribution in [3.8, 4) is 5.75 Å². The second kappa shape index (κ2) is 5.29. The first kappa shape index (κ1) is 13.4. The van der Waals surface area contributed by atoms with Crippen LogP contribution in [0.2, 0.25) is 0 Å². The van der Waals surface area contributed by atoms with Gasteiger partial charge in [-0.25, -0.2) is 0 Å². The van der Waals surface area contributed by atoms with Gasteiger partial charge in [-0.1, -0.05) is 12.1 Å². The summed E-state index contributed by atoms with van der Waals surface area (Å²) in [6, 6.07) is 4.07. The molecule has 3 heteroatoms. The number of aryl methyl sites for hydroxylation is 2. The Kier molecular flexibility index (Phi) is 3.93. The van der Waals surface area contributed by atoms with Crippen LogP contribution in [-0.4, -0.2) is 23.9 Å². The predicted octanol–water partition coefficient (Wildman–Crippen LogP) is 2.67. The number of rotatable bonds is 4. The Hall–Kier alpha value is -1.06. The standard InChI is InChI=1S/C15H23NO2/c1-11-7-13(8-12(2)14(11)17)9-16-10-15(3)5-4-6-18-15/h7-8,16-17H,4-6,9-10H2,1-3H3. The van der Waals surface area contributed by atoms with Gasteiger partial charge in [0, 0.05) is 19.7 Å². The van der Waals surface area contributed by atoms with Crippen molar-refractivity contribution in [3.05, 3.63) is 28.8 Å². The number of phenolic OH excluding ortho intramolecular Hbond substituents is 1. The summed E-state index contributed by atoms with van der Waals surface area (Å²) < 4.78 is 5.74. The van der Waals surface area contributed by atoms with E-state index in [9.17, 15) is 5.11 Å². The Morgan fingerprint density at radius 2 is 2.00 bits per heavy atom. The molecule has 1 aromatic rings. The molecule has 0 aromatic heterocycles. The molecule has 0 saturated carbocycles. The summed E-state index contributed by atoms with van der Waals surface area (Å²) in [7, 11) is 0. The third-order valence-electron chi connectivity index (χ3n) is 3.68. The molecule has 3 nitrogen and oxygen atoms in total. The first-order valence-electron chi connectivity index (χ1n) is 6.64. The van der Waals surface area contributed by atoms with E-state index >= 15 is 0 Å². The summed E-state index contributed by atoms with van der Waals surface area (Å²) in [6.45, 7) is 8.63. The maximum atomic E-state index is 9.73. The van der Waals surface area contributed by atoms with E-state index in [1.165, 1.54) is 5.56 Å². The van der Waals surface area contributed by atoms with Gasteiger partial charge in [-0.05, 0) is 50.3 Å². The van der Waals surface area contributed by atoms with Gasteiger partial charge in [-0.2, -0.15) is 0 Å². The third kappa shape index (κ3) is 3.03. The lowest BCUT2D eigenvalue weighted by molar-refractivity contribution is 0.0207. The van der Waals surface area contributed by atoms with Crippen molar-refractivity contribution in [2.45, 2.75) is 45.8 Å². The van der Waals surface area contributed by atoms with Crippen molar-refractivity contribution in [2.75, 3.05) is 13.2 Å². The van der Waals surface area contributed by atoms with Crippen LogP contribution in [0.5, 0.6) is 5.75 Å². The molecule has 1 fully saturated rings. The molecule has 2 rings (SSSR count). The third-order valence-corrected chi connectivity index (χ3v) is 3.68. The molecule has 1 heterocycles. The molecule has 0 radical (unpaired) electrons. The van der Waals surface area contributed by atoms with Crippen LogP contribution in [0.15, 0.2) is 12.1 Å². The largest absolute Gasteiger partial charge is 0.507 e. The lowest BCUT2D eigenvalue weighted by Crippen LogP contribution is -2.36. The molecule has 1 aromatic carbocycles. The average Bonchev–Trinajstić information content (AvgIpc) is 2.73. The SMILES string of the molecule is Cc1cc(CNCC2(C)CCCO2)cc(C)c1O. The van der Waals surface area contributed by atoms with Gasteiger partial charge >= 0.3 is 0 Å². The quantitative estimate of drug-likeness (QED) is 0.862. The van der Waals surface area contributed by atoms with E-state index in [-0.39, 0.29) is 5.60 Å². The molecule has 1 saturated heterocycles. The first-order chi connectivity index (χ1) is 8.50. The van der Waals surface area contributed by atoms with Gasteiger partial charge in [0.05, 0.1) is 5.60 Å². The molecular formula is C15H23NO2. The van der Waals surface area contributed by atoms with Gasteiger partial charge in [0.2, 0.25) is 0 Å². The fraction of sp³-hybridized carbons (Fsp3) is 0.600. The number of hydrogen-bond acceptors (Lipinski definition) is 3. The number of hydrogen-bond donors (Lipinski definition) is 2. The predicted molar refractivity (Wildman–Crippen MR) is 72.9 cm³/mol. The van der Waals surface area contributed by atoms with Crippen molar-refractivity contribution in [1.29, 1.82) is 0 Å². The molecule has 1 atom stereocenters. The van der Waals surface area contributed by atoms with Crippen molar-refractivity contribution in [2.24, 2.45) is 0 Å². The molecule has 100 valence electrons. The topological polar surface area (TPSA) is 41.5 Å². The minimum absolute atomic E-state index is 0.00100. The fourth-order valence-corrected chi connectivity index (χ4v) is 2.60. The first-order valence-corrected chi connectivity index (χ1v) is 6.64. The van der Waals surface area contributed by atoms with Gasteiger partial charge in [0.1, 0.15) is 5.75 Å². The Balaban J connectivity index is 1.90. The minimum atomic E-state index is 0.00100. The summed E-state index contributed by atoms with van der Waals surface area (Å²) in [5.41, 5.74) is 3.09. The number of phenols is 1. The van der Waals surface area contributed by atoms with Gasteiger partial charge < -0.3 is 15.2 Å². The molecule has 1 aliphatic rings. The van der Waals surface area contributed by atoms with Crippen molar-refractivity contribution >= 4 is 0 Å². The molecule has 0 bridgehead atoms. The molecule has 0 amide bonds. The molecule has 18 heavy (non-hydrogen) atoms. The van der Waals surface area contributed by atoms with Crippen LogP contribution >= 0.6 is 0 Å². The summed E-state index contributed by atoms with van der Waals surface area (Å²) in [4.78, 5) is 0. The van der Waals surface area contributed by atoms with Crippen LogP contribution in [0.3, 0.4) is 0 Å². The zero-order valence-electron chi connectivity index (χ0n) is 11.5. The van der Waals surface area contributed by atoms with Gasteiger partial charge in [0.15, 0.2) is 0 Å². The van der Waals surface area contributed by atoms with Crippen LogP contribution < -0.4 is 5.32 Å². The number of benzene rings is 1. The van der Waals surface area contributed by atoms with Gasteiger partial charge in [0.25, 0.3) is 0 Å². The van der Waals surface area contributed by atoms with E-state index in [1.807, 2.05) is 26.0 Å². The maximum absolute atomic E-state index is 9.73. The van der Waals surface area contributed by atoms with E-state index in [1.54, 1.807) is 0 Å². The Bertz CT molecular complexity index is 399. The smallest absolute Gasteiger partial charge is 0.121 e. The zero-order valence-corrected chi connectivity index (χ0v) is 11.5. The van der Waals surface area contributed by atoms with Crippen molar-refractivity contribution < 1.29 is 9.84 Å². The van der Waals surface area contributed by atoms with E-state index in [4.69, 9.17) is 4.74 Å². The lowest BCUT2D eigenvalue weighted by atomic mass is 10.0. The van der Waals surface area contributed by atoms with Crippen LogP contribution in [0.4, 0.5) is 0 Å². The van der Waals surface area contributed by atoms with Gasteiger partial charge in [-0.3, -0.25) is 0 Å². The number of aromatic hydroxyl groups is 1. The van der Waals surface area contributed by atoms with Crippen molar-refractivity contribution in [1.82, 2.24) is 5.32 Å². The summed E-state index contributed by atoms with van der Waals surface area (Å²) in [5, 5.41) is 13.2. The highest BCUT2D eigenvalue weighted by molar-refractivity contribution is 5.42. The highest BCUT2D eigenvalue weighted by atomic mass is 16.5. The fourth-order valence-electron chi connectivity index (χ4n) is 2.60. The van der Waals surface area contributed by atoms with E-state index in [0.717, 1.165) is 43.7 Å². The molecule has 0 spiro atoms. The Labute approximate surface area is 109 Å². The second-order valence-corrected chi connectivity index (χ2v) is 5.58. The molecule has 2 N–H and O–H groups in total. The Morgan fingerprint density at radius 1 is 1.33 bits per heavy atom. The normalized spacial score (nSPS) is 23.5. The maximum Gasteiger partial charge on any atom is 0.121 e. The summed E-state index contributed by atoms with van der Waals surface area (Å²) in [6.07, 6.45) is 2.29. The number of nitrogens with one attached hydrogen (secondary N) is 1. The number of ether oxygens (including phenoxy) is 1. The summed E-state index contributed by atoms with van der Waals surface area (Å²) in [5.74, 6) is 0.407. The zero-order chi connectivity index (χ0) is 13.2. The van der Waals surface area contributed by atoms with E-state index < -0.39 is 0 Å².